The zero-order valence-corrected chi connectivity index (χ0v) is 21.9. The van der Waals surface area contributed by atoms with Crippen molar-refractivity contribution in [2.75, 3.05) is 12.3 Å². The number of anilines is 1. The van der Waals surface area contributed by atoms with E-state index in [1.54, 1.807) is 0 Å². The molecular weight excluding hydrogens is 586 g/mol. The van der Waals surface area contributed by atoms with E-state index in [1.807, 2.05) is 0 Å². The molecular formula is C18H22N6O14P2. The van der Waals surface area contributed by atoms with Crippen LogP contribution < -0.4 is 15.8 Å². The van der Waals surface area contributed by atoms with Gasteiger partial charge in [-0.05, 0) is 19.1 Å². The van der Waals surface area contributed by atoms with Gasteiger partial charge in [-0.3, -0.25) is 29.4 Å². The molecule has 1 aliphatic rings. The molecule has 40 heavy (non-hydrogen) atoms. The third kappa shape index (κ3) is 6.37. The van der Waals surface area contributed by atoms with Crippen LogP contribution in [-0.4, -0.2) is 74.3 Å². The number of nitrogens with zero attached hydrogens (tertiary/aromatic N) is 4. The van der Waals surface area contributed by atoms with E-state index in [9.17, 15) is 39.1 Å². The van der Waals surface area contributed by atoms with Crippen molar-refractivity contribution in [2.24, 2.45) is 0 Å². The molecule has 218 valence electrons. The minimum absolute atomic E-state index is 0.0243. The highest BCUT2D eigenvalue weighted by Crippen LogP contribution is 2.57. The van der Waals surface area contributed by atoms with E-state index >= 15 is 0 Å². The maximum atomic E-state index is 12.0. The SMILES string of the molecule is C[C@H](OC[C@H]1O[C@@H](n2cnc3c(=O)[nH]c(N)nc32)[C@H](O)[C@@H]1O)c1cc(OP(=O)(O)OP(=O)(O)O)ccc1[N+](=O)[O-]. The Morgan fingerprint density at radius 2 is 1.98 bits per heavy atom. The Hall–Kier alpha value is -3.29. The Bertz CT molecular complexity index is 1590. The number of nitrogens with two attached hydrogens (primary N) is 1. The van der Waals surface area contributed by atoms with Crippen LogP contribution in [-0.2, 0) is 22.9 Å². The molecule has 0 radical (unpaired) electrons. The molecule has 3 heterocycles. The summed E-state index contributed by atoms with van der Waals surface area (Å²) in [7, 11) is -10.7. The molecule has 1 unspecified atom stereocenters. The summed E-state index contributed by atoms with van der Waals surface area (Å²) in [4.78, 5) is 60.0. The monoisotopic (exact) mass is 608 g/mol. The van der Waals surface area contributed by atoms with E-state index < -0.39 is 74.8 Å². The average molecular weight is 608 g/mol. The summed E-state index contributed by atoms with van der Waals surface area (Å²) >= 11 is 0. The second kappa shape index (κ2) is 10.9. The van der Waals surface area contributed by atoms with Crippen molar-refractivity contribution >= 4 is 38.4 Å². The van der Waals surface area contributed by atoms with E-state index in [4.69, 9.17) is 25.0 Å². The van der Waals surface area contributed by atoms with Gasteiger partial charge in [0.2, 0.25) is 5.95 Å². The maximum Gasteiger partial charge on any atom is 0.536 e. The highest BCUT2D eigenvalue weighted by molar-refractivity contribution is 7.60. The van der Waals surface area contributed by atoms with Crippen LogP contribution in [0.5, 0.6) is 5.75 Å². The van der Waals surface area contributed by atoms with E-state index in [2.05, 4.69) is 23.8 Å². The summed E-state index contributed by atoms with van der Waals surface area (Å²) in [5.41, 5.74) is 4.12. The molecule has 8 N–H and O–H groups in total. The second-order valence-corrected chi connectivity index (χ2v) is 11.2. The van der Waals surface area contributed by atoms with E-state index in [0.29, 0.717) is 0 Å². The van der Waals surface area contributed by atoms with Crippen LogP contribution in [0.4, 0.5) is 11.6 Å². The zero-order valence-electron chi connectivity index (χ0n) is 20.1. The molecule has 1 aliphatic heterocycles. The topological polar surface area (TPSA) is 305 Å². The number of nitro groups is 1. The van der Waals surface area contributed by atoms with Crippen LogP contribution in [0.2, 0.25) is 0 Å². The number of aromatic nitrogens is 4. The lowest BCUT2D eigenvalue weighted by Crippen LogP contribution is -2.34. The smallest absolute Gasteiger partial charge is 0.404 e. The van der Waals surface area contributed by atoms with Crippen molar-refractivity contribution in [3.63, 3.8) is 0 Å². The zero-order chi connectivity index (χ0) is 29.6. The first-order valence-electron chi connectivity index (χ1n) is 11.0. The van der Waals surface area contributed by atoms with Crippen LogP contribution in [0, 0.1) is 10.1 Å². The first-order valence-corrected chi connectivity index (χ1v) is 14.0. The molecule has 1 aromatic carbocycles. The molecule has 0 aliphatic carbocycles. The normalized spacial score (nSPS) is 23.6. The molecule has 0 amide bonds. The summed E-state index contributed by atoms with van der Waals surface area (Å²) < 4.78 is 43.6. The third-order valence-corrected chi connectivity index (χ3v) is 7.75. The molecule has 1 saturated heterocycles. The Morgan fingerprint density at radius 3 is 2.62 bits per heavy atom. The lowest BCUT2D eigenvalue weighted by Gasteiger charge is -2.20. The number of rotatable bonds is 10. The summed E-state index contributed by atoms with van der Waals surface area (Å²) in [6, 6.07) is 2.71. The summed E-state index contributed by atoms with van der Waals surface area (Å²) in [5.74, 6) is -0.739. The summed E-state index contributed by atoms with van der Waals surface area (Å²) in [6.45, 7) is 0.926. The van der Waals surface area contributed by atoms with Gasteiger partial charge in [-0.2, -0.15) is 9.29 Å². The van der Waals surface area contributed by atoms with Crippen molar-refractivity contribution < 1.29 is 57.3 Å². The van der Waals surface area contributed by atoms with Crippen LogP contribution >= 0.6 is 15.6 Å². The predicted octanol–water partition coefficient (Wildman–Crippen LogP) is -0.404. The molecule has 3 aromatic rings. The Labute approximate surface area is 221 Å². The Kier molecular flexibility index (Phi) is 8.12. The van der Waals surface area contributed by atoms with Crippen molar-refractivity contribution in [2.45, 2.75) is 37.6 Å². The predicted molar refractivity (Wildman–Crippen MR) is 130 cm³/mol. The third-order valence-electron chi connectivity index (χ3n) is 5.64. The molecule has 2 aromatic heterocycles. The van der Waals surface area contributed by atoms with Gasteiger partial charge in [-0.15, -0.1) is 0 Å². The second-order valence-electron chi connectivity index (χ2n) is 8.41. The number of H-pyrrole nitrogens is 1. The number of hydrogen-bond donors (Lipinski definition) is 7. The number of benzene rings is 1. The van der Waals surface area contributed by atoms with Crippen molar-refractivity contribution in [1.29, 1.82) is 0 Å². The van der Waals surface area contributed by atoms with Crippen LogP contribution in [0.1, 0.15) is 24.8 Å². The van der Waals surface area contributed by atoms with E-state index in [-0.39, 0.29) is 22.7 Å². The molecule has 0 spiro atoms. The molecule has 0 bridgehead atoms. The van der Waals surface area contributed by atoms with Crippen molar-refractivity contribution in [3.8, 4) is 5.75 Å². The molecule has 6 atom stereocenters. The molecule has 0 saturated carbocycles. The first-order chi connectivity index (χ1) is 18.6. The number of phosphoric acid groups is 2. The molecule has 22 heteroatoms. The Morgan fingerprint density at radius 1 is 1.27 bits per heavy atom. The van der Waals surface area contributed by atoms with E-state index in [0.717, 1.165) is 24.5 Å². The highest BCUT2D eigenvalue weighted by atomic mass is 31.3. The van der Waals surface area contributed by atoms with Gasteiger partial charge in [0.15, 0.2) is 17.4 Å². The lowest BCUT2D eigenvalue weighted by atomic mass is 10.1. The lowest BCUT2D eigenvalue weighted by molar-refractivity contribution is -0.386. The number of aliphatic hydroxyl groups excluding tert-OH is 2. The van der Waals surface area contributed by atoms with Crippen LogP contribution in [0.25, 0.3) is 11.2 Å². The standard InChI is InChI=1S/C18H22N6O14P2/c1-7(9-4-8(2-3-10(9)24(28)29)37-40(33,34)38-39(30,31)32)35-5-11-13(25)14(26)17(36-11)23-6-20-12-15(23)21-18(19)22-16(12)27/h2-4,6-7,11,13-14,17,25-26H,5H2,1H3,(H,33,34)(H2,30,31,32)(H3,19,21,22,27)/t7-,11+,13+,14+,17+/m0/s1. The first kappa shape index (κ1) is 29.7. The maximum absolute atomic E-state index is 12.0. The summed E-state index contributed by atoms with van der Waals surface area (Å²) in [5, 5.41) is 32.6. The van der Waals surface area contributed by atoms with Crippen LogP contribution in [0.15, 0.2) is 29.3 Å². The van der Waals surface area contributed by atoms with Gasteiger partial charge in [0.1, 0.15) is 24.1 Å². The number of nitrogen functional groups attached to an aromatic ring is 1. The van der Waals surface area contributed by atoms with Crippen molar-refractivity contribution in [1.82, 2.24) is 19.5 Å². The number of phosphoric ester groups is 1. The van der Waals surface area contributed by atoms with Gasteiger partial charge >= 0.3 is 15.6 Å². The summed E-state index contributed by atoms with van der Waals surface area (Å²) in [6.07, 6.45) is -5.51. The van der Waals surface area contributed by atoms with Gasteiger partial charge < -0.3 is 39.7 Å². The van der Waals surface area contributed by atoms with E-state index in [1.165, 1.54) is 11.5 Å². The number of aliphatic hydroxyl groups is 2. The minimum Gasteiger partial charge on any atom is -0.404 e. The van der Waals surface area contributed by atoms with Gasteiger partial charge in [0.05, 0.1) is 29.5 Å². The Balaban J connectivity index is 1.51. The number of fused-ring (bicyclic) bond motifs is 1. The van der Waals surface area contributed by atoms with Gasteiger partial charge in [-0.1, -0.05) is 0 Å². The largest absolute Gasteiger partial charge is 0.536 e. The molecule has 20 nitrogen and oxygen atoms in total. The number of nitro benzene ring substituents is 1. The number of nitrogens with one attached hydrogen (secondary N) is 1. The molecule has 4 rings (SSSR count). The van der Waals surface area contributed by atoms with Crippen molar-refractivity contribution in [3.05, 3.63) is 50.6 Å². The number of hydrogen-bond acceptors (Lipinski definition) is 14. The fourth-order valence-corrected chi connectivity index (χ4v) is 5.51. The quantitative estimate of drug-likeness (QED) is 0.0874. The van der Waals surface area contributed by atoms with Crippen LogP contribution in [0.3, 0.4) is 0 Å². The molecule has 1 fully saturated rings. The fraction of sp³-hybridized carbons (Fsp3) is 0.389. The van der Waals surface area contributed by atoms with Gasteiger partial charge in [0.25, 0.3) is 11.2 Å². The van der Waals surface area contributed by atoms with Gasteiger partial charge in [-0.25, -0.2) is 14.1 Å². The highest BCUT2D eigenvalue weighted by Gasteiger charge is 2.45. The number of imidazole rings is 1. The number of ether oxygens (including phenoxy) is 2. The average Bonchev–Trinajstić information content (AvgIpc) is 3.36. The fourth-order valence-electron chi connectivity index (χ4n) is 3.92. The number of aromatic amines is 1. The van der Waals surface area contributed by atoms with Gasteiger partial charge in [0, 0.05) is 6.07 Å². The minimum atomic E-state index is -5.42.